The van der Waals surface area contributed by atoms with E-state index in [1.54, 1.807) is 0 Å². The number of phosphoric ester groups is 1. The summed E-state index contributed by atoms with van der Waals surface area (Å²) < 4.78 is 25.8. The summed E-state index contributed by atoms with van der Waals surface area (Å²) in [5.41, 5.74) is 4.48. The van der Waals surface area contributed by atoms with Gasteiger partial charge in [-0.1, -0.05) is 0 Å². The highest BCUT2D eigenvalue weighted by molar-refractivity contribution is 7.45. The molecule has 0 aliphatic carbocycles. The van der Waals surface area contributed by atoms with E-state index in [0.29, 0.717) is 0 Å². The van der Waals surface area contributed by atoms with Gasteiger partial charge in [-0.25, -0.2) is 4.79 Å². The third-order valence-electron chi connectivity index (χ3n) is 3.20. The number of rotatable bonds is 7. The highest BCUT2D eigenvalue weighted by Crippen LogP contribution is 2.39. The van der Waals surface area contributed by atoms with E-state index in [1.807, 2.05) is 0 Å². The van der Waals surface area contributed by atoms with Crippen LogP contribution in [-0.4, -0.2) is 57.3 Å². The summed E-state index contributed by atoms with van der Waals surface area (Å²) in [6.45, 7) is -2.04. The van der Waals surface area contributed by atoms with Gasteiger partial charge in [-0.2, -0.15) is 4.98 Å². The smallest absolute Gasteiger partial charge is 0.351 e. The van der Waals surface area contributed by atoms with Crippen molar-refractivity contribution in [1.82, 2.24) is 9.55 Å². The van der Waals surface area contributed by atoms with Crippen molar-refractivity contribution < 1.29 is 43.4 Å². The lowest BCUT2D eigenvalue weighted by Gasteiger charge is -2.25. The van der Waals surface area contributed by atoms with Crippen molar-refractivity contribution in [2.24, 2.45) is 0 Å². The Morgan fingerprint density at radius 2 is 2.12 bits per heavy atom. The van der Waals surface area contributed by atoms with Gasteiger partial charge in [0.15, 0.2) is 6.23 Å². The molecule has 1 aliphatic rings. The molecule has 1 aromatic rings. The van der Waals surface area contributed by atoms with Gasteiger partial charge in [0.1, 0.15) is 24.1 Å². The lowest BCUT2D eigenvalue weighted by molar-refractivity contribution is -0.310. The van der Waals surface area contributed by atoms with Crippen LogP contribution in [0.1, 0.15) is 6.23 Å². The van der Waals surface area contributed by atoms with Crippen molar-refractivity contribution in [3.05, 3.63) is 22.7 Å². The predicted octanol–water partition coefficient (Wildman–Crippen LogP) is -4.30. The van der Waals surface area contributed by atoms with Crippen molar-refractivity contribution in [2.75, 3.05) is 18.9 Å². The van der Waals surface area contributed by atoms with Gasteiger partial charge in [0.2, 0.25) is 0 Å². The Morgan fingerprint density at radius 1 is 1.44 bits per heavy atom. The fourth-order valence-corrected chi connectivity index (χ4v) is 2.72. The molecular formula is C11H14N3O10P-2. The normalized spacial score (nSPS) is 28.6. The molecule has 0 spiro atoms. The maximum atomic E-state index is 11.7. The molecule has 25 heavy (non-hydrogen) atoms. The topological polar surface area (TPSA) is 209 Å². The Kier molecular flexibility index (Phi) is 5.90. The standard InChI is InChI=1S/C11H16N3O10P/c12-6-1-2-14(11(19)13-6)10-9(18)8(17)5(24-10)3-22-25(20,21)23-4-7(15)16/h1-2,5,8-10,17-18H,3-4H2,(H,15,16)(H,20,21)(H2,12,13,19)/p-2. The highest BCUT2D eigenvalue weighted by Gasteiger charge is 2.44. The number of nitrogens with zero attached hydrogens (tertiary/aromatic N) is 2. The minimum atomic E-state index is -4.99. The van der Waals surface area contributed by atoms with Gasteiger partial charge in [0.05, 0.1) is 19.2 Å². The molecule has 5 unspecified atom stereocenters. The molecule has 1 fully saturated rings. The summed E-state index contributed by atoms with van der Waals surface area (Å²) in [7, 11) is -4.99. The van der Waals surface area contributed by atoms with Gasteiger partial charge in [-0.05, 0) is 6.07 Å². The first-order valence-electron chi connectivity index (χ1n) is 6.77. The molecule has 0 amide bonds. The van der Waals surface area contributed by atoms with E-state index in [9.17, 15) is 34.4 Å². The molecule has 1 aliphatic heterocycles. The van der Waals surface area contributed by atoms with E-state index in [4.69, 9.17) is 10.5 Å². The van der Waals surface area contributed by atoms with E-state index in [0.717, 1.165) is 4.57 Å². The van der Waals surface area contributed by atoms with E-state index in [-0.39, 0.29) is 5.82 Å². The van der Waals surface area contributed by atoms with Crippen molar-refractivity contribution in [3.63, 3.8) is 0 Å². The third-order valence-corrected chi connectivity index (χ3v) is 4.11. The van der Waals surface area contributed by atoms with Crippen LogP contribution in [0, 0.1) is 0 Å². The molecule has 0 aromatic carbocycles. The quantitative estimate of drug-likeness (QED) is 0.384. The molecule has 4 N–H and O–H groups in total. The molecule has 2 heterocycles. The predicted molar refractivity (Wildman–Crippen MR) is 73.4 cm³/mol. The van der Waals surface area contributed by atoms with Crippen LogP contribution in [0.4, 0.5) is 5.82 Å². The van der Waals surface area contributed by atoms with E-state index < -0.39 is 57.2 Å². The Balaban J connectivity index is 2.03. The van der Waals surface area contributed by atoms with E-state index in [2.05, 4.69) is 14.0 Å². The van der Waals surface area contributed by atoms with Crippen molar-refractivity contribution in [2.45, 2.75) is 24.5 Å². The summed E-state index contributed by atoms with van der Waals surface area (Å²) >= 11 is 0. The fourth-order valence-electron chi connectivity index (χ4n) is 2.05. The Hall–Kier alpha value is -1.86. The van der Waals surface area contributed by atoms with Gasteiger partial charge >= 0.3 is 5.69 Å². The number of anilines is 1. The van der Waals surface area contributed by atoms with Crippen LogP contribution in [-0.2, 0) is 23.1 Å². The Labute approximate surface area is 139 Å². The van der Waals surface area contributed by atoms with Crippen LogP contribution in [0.2, 0.25) is 0 Å². The summed E-state index contributed by atoms with van der Waals surface area (Å²) in [5.74, 6) is -1.84. The van der Waals surface area contributed by atoms with Crippen molar-refractivity contribution in [3.8, 4) is 0 Å². The number of carbonyl (C=O) groups excluding carboxylic acids is 1. The molecule has 0 bridgehead atoms. The first-order valence-corrected chi connectivity index (χ1v) is 8.23. The van der Waals surface area contributed by atoms with Crippen LogP contribution in [0.3, 0.4) is 0 Å². The molecule has 14 heteroatoms. The Bertz CT molecular complexity index is 739. The number of hydrogen-bond acceptors (Lipinski definition) is 12. The van der Waals surface area contributed by atoms with Gasteiger partial charge in [0.25, 0.3) is 7.82 Å². The summed E-state index contributed by atoms with van der Waals surface area (Å²) in [6.07, 6.45) is -4.73. The number of aromatic nitrogens is 2. The number of aliphatic hydroxyl groups is 2. The second-order valence-electron chi connectivity index (χ2n) is 4.98. The van der Waals surface area contributed by atoms with Gasteiger partial charge in [-0.15, -0.1) is 0 Å². The summed E-state index contributed by atoms with van der Waals surface area (Å²) in [5, 5.41) is 30.0. The molecule has 0 radical (unpaired) electrons. The first-order chi connectivity index (χ1) is 11.6. The molecular weight excluding hydrogens is 365 g/mol. The van der Waals surface area contributed by atoms with Crippen LogP contribution in [0.15, 0.2) is 17.1 Å². The molecule has 1 aromatic heterocycles. The zero-order chi connectivity index (χ0) is 18.8. The average molecular weight is 379 g/mol. The highest BCUT2D eigenvalue weighted by atomic mass is 31.2. The number of ether oxygens (including phenoxy) is 1. The molecule has 5 atom stereocenters. The Morgan fingerprint density at radius 3 is 2.72 bits per heavy atom. The third kappa shape index (κ3) is 4.83. The van der Waals surface area contributed by atoms with Crippen LogP contribution >= 0.6 is 7.82 Å². The minimum absolute atomic E-state index is 0.0634. The van der Waals surface area contributed by atoms with E-state index >= 15 is 0 Å². The number of nitrogens with two attached hydrogens (primary N) is 1. The number of phosphoric acid groups is 1. The summed E-state index contributed by atoms with van der Waals surface area (Å²) in [4.78, 5) is 36.7. The lowest BCUT2D eigenvalue weighted by Crippen LogP contribution is -2.36. The number of hydrogen-bond donors (Lipinski definition) is 3. The molecule has 13 nitrogen and oxygen atoms in total. The first kappa shape index (κ1) is 19.5. The van der Waals surface area contributed by atoms with Gasteiger partial charge in [-0.3, -0.25) is 9.13 Å². The molecule has 140 valence electrons. The number of carbonyl (C=O) groups is 1. The van der Waals surface area contributed by atoms with Crippen LogP contribution in [0.25, 0.3) is 0 Å². The van der Waals surface area contributed by atoms with Gasteiger partial charge in [0, 0.05) is 6.20 Å². The fraction of sp³-hybridized carbons (Fsp3) is 0.545. The second kappa shape index (κ2) is 7.58. The maximum Gasteiger partial charge on any atom is 0.351 e. The van der Waals surface area contributed by atoms with Gasteiger partial charge < -0.3 is 44.5 Å². The largest absolute Gasteiger partial charge is 0.756 e. The van der Waals surface area contributed by atoms with Crippen LogP contribution < -0.4 is 21.4 Å². The monoisotopic (exact) mass is 379 g/mol. The number of carboxylic acids is 1. The number of aliphatic hydroxyl groups excluding tert-OH is 2. The van der Waals surface area contributed by atoms with E-state index in [1.165, 1.54) is 12.3 Å². The zero-order valence-electron chi connectivity index (χ0n) is 12.5. The molecule has 1 saturated heterocycles. The second-order valence-corrected chi connectivity index (χ2v) is 6.39. The molecule has 2 rings (SSSR count). The zero-order valence-corrected chi connectivity index (χ0v) is 13.4. The van der Waals surface area contributed by atoms with Crippen molar-refractivity contribution >= 4 is 19.6 Å². The maximum absolute atomic E-state index is 11.7. The van der Waals surface area contributed by atoms with Crippen LogP contribution in [0.5, 0.6) is 0 Å². The number of aliphatic carboxylic acids is 1. The SMILES string of the molecule is Nc1ccn(C2OC(COP(=O)([O-])OCC(=O)[O-])C(O)C2O)c(=O)n1. The molecule has 0 saturated carbocycles. The average Bonchev–Trinajstić information content (AvgIpc) is 2.80. The minimum Gasteiger partial charge on any atom is -0.756 e. The lowest BCUT2D eigenvalue weighted by atomic mass is 10.1. The van der Waals surface area contributed by atoms with Crippen molar-refractivity contribution in [1.29, 1.82) is 0 Å². The number of carboxylic acid groups (broad SMARTS) is 1. The number of nitrogen functional groups attached to an aromatic ring is 1. The summed E-state index contributed by atoms with van der Waals surface area (Å²) in [6, 6.07) is 1.26.